The van der Waals surface area contributed by atoms with Crippen LogP contribution in [0.25, 0.3) is 0 Å². The summed E-state index contributed by atoms with van der Waals surface area (Å²) in [5.41, 5.74) is 3.89. The van der Waals surface area contributed by atoms with Crippen molar-refractivity contribution in [3.63, 3.8) is 0 Å². The molecule has 2 aromatic carbocycles. The van der Waals surface area contributed by atoms with Gasteiger partial charge in [0.1, 0.15) is 5.82 Å². The maximum Gasteiger partial charge on any atom is 0.329 e. The van der Waals surface area contributed by atoms with E-state index in [2.05, 4.69) is 15.8 Å². The van der Waals surface area contributed by atoms with Gasteiger partial charge in [-0.3, -0.25) is 9.59 Å². The van der Waals surface area contributed by atoms with Gasteiger partial charge < -0.3 is 5.32 Å². The quantitative estimate of drug-likeness (QED) is 0.515. The number of nitrogens with zero attached hydrogens (tertiary/aromatic N) is 1. The number of hydrazone groups is 1. The molecule has 5 nitrogen and oxygen atoms in total. The van der Waals surface area contributed by atoms with Gasteiger partial charge in [-0.1, -0.05) is 23.7 Å². The second-order valence-electron chi connectivity index (χ2n) is 4.66. The lowest BCUT2D eigenvalue weighted by Gasteiger charge is -2.07. The summed E-state index contributed by atoms with van der Waals surface area (Å²) in [5.74, 6) is -2.15. The van der Waals surface area contributed by atoms with Crippen molar-refractivity contribution in [3.8, 4) is 0 Å². The van der Waals surface area contributed by atoms with E-state index >= 15 is 0 Å². The Bertz CT molecular complexity index is 760. The normalized spacial score (nSPS) is 10.6. The highest BCUT2D eigenvalue weighted by Crippen LogP contribution is 2.19. The van der Waals surface area contributed by atoms with Crippen molar-refractivity contribution in [2.75, 3.05) is 5.32 Å². The summed E-state index contributed by atoms with van der Waals surface area (Å²) in [4.78, 5) is 23.4. The first-order valence-electron chi connectivity index (χ1n) is 6.62. The zero-order valence-corrected chi connectivity index (χ0v) is 12.9. The van der Waals surface area contributed by atoms with Crippen LogP contribution in [0.5, 0.6) is 0 Å². The molecule has 0 aliphatic rings. The van der Waals surface area contributed by atoms with E-state index in [4.69, 9.17) is 11.6 Å². The fourth-order valence-electron chi connectivity index (χ4n) is 1.71. The van der Waals surface area contributed by atoms with Crippen LogP contribution in [0.4, 0.5) is 10.1 Å². The van der Waals surface area contributed by atoms with E-state index in [-0.39, 0.29) is 5.82 Å². The third-order valence-corrected chi connectivity index (χ3v) is 3.13. The maximum absolute atomic E-state index is 12.7. The second kappa shape index (κ2) is 7.51. The minimum absolute atomic E-state index is 0.371. The highest BCUT2D eigenvalue weighted by molar-refractivity contribution is 6.39. The lowest BCUT2D eigenvalue weighted by atomic mass is 10.2. The van der Waals surface area contributed by atoms with Gasteiger partial charge >= 0.3 is 11.8 Å². The monoisotopic (exact) mass is 333 g/mol. The molecule has 2 N–H and O–H groups in total. The van der Waals surface area contributed by atoms with Crippen molar-refractivity contribution < 1.29 is 14.0 Å². The number of carbonyl (C=O) groups is 2. The Morgan fingerprint density at radius 2 is 1.83 bits per heavy atom. The standard InChI is InChI=1S/C16H13ClFN3O2/c1-10-8-12(17)4-7-14(10)20-15(22)16(23)21-19-9-11-2-5-13(18)6-3-11/h2-9H,1H3,(H,20,22)(H,21,23). The van der Waals surface area contributed by atoms with Gasteiger partial charge in [-0.15, -0.1) is 0 Å². The van der Waals surface area contributed by atoms with Gasteiger partial charge in [0, 0.05) is 10.7 Å². The van der Waals surface area contributed by atoms with Gasteiger partial charge in [0.15, 0.2) is 0 Å². The Morgan fingerprint density at radius 3 is 2.48 bits per heavy atom. The zero-order chi connectivity index (χ0) is 16.8. The summed E-state index contributed by atoms with van der Waals surface area (Å²) in [7, 11) is 0. The van der Waals surface area contributed by atoms with Crippen LogP contribution in [0.15, 0.2) is 47.6 Å². The first kappa shape index (κ1) is 16.6. The van der Waals surface area contributed by atoms with Crippen LogP contribution in [-0.2, 0) is 9.59 Å². The fraction of sp³-hybridized carbons (Fsp3) is 0.0625. The third kappa shape index (κ3) is 4.89. The molecule has 2 amide bonds. The first-order valence-corrected chi connectivity index (χ1v) is 6.99. The SMILES string of the molecule is Cc1cc(Cl)ccc1NC(=O)C(=O)NN=Cc1ccc(F)cc1. The van der Waals surface area contributed by atoms with Crippen molar-refractivity contribution >= 4 is 35.3 Å². The van der Waals surface area contributed by atoms with Crippen LogP contribution in [0, 0.1) is 12.7 Å². The summed E-state index contributed by atoms with van der Waals surface area (Å²) in [6, 6.07) is 10.4. The summed E-state index contributed by atoms with van der Waals surface area (Å²) in [6.07, 6.45) is 1.30. The van der Waals surface area contributed by atoms with Gasteiger partial charge in [0.2, 0.25) is 0 Å². The summed E-state index contributed by atoms with van der Waals surface area (Å²) in [6.45, 7) is 1.76. The van der Waals surface area contributed by atoms with Gasteiger partial charge in [0.05, 0.1) is 6.21 Å². The Morgan fingerprint density at radius 1 is 1.13 bits per heavy atom. The summed E-state index contributed by atoms with van der Waals surface area (Å²) in [5, 5.41) is 6.64. The average molecular weight is 334 g/mol. The highest BCUT2D eigenvalue weighted by atomic mass is 35.5. The minimum Gasteiger partial charge on any atom is -0.317 e. The molecular formula is C16H13ClFN3O2. The van der Waals surface area contributed by atoms with E-state index in [0.717, 1.165) is 5.56 Å². The first-order chi connectivity index (χ1) is 11.0. The molecule has 0 fully saturated rings. The number of anilines is 1. The molecule has 0 aliphatic carbocycles. The largest absolute Gasteiger partial charge is 0.329 e. The molecule has 118 valence electrons. The molecule has 2 rings (SSSR count). The van der Waals surface area contributed by atoms with Crippen LogP contribution < -0.4 is 10.7 Å². The molecule has 0 aromatic heterocycles. The predicted octanol–water partition coefficient (Wildman–Crippen LogP) is 2.88. The van der Waals surface area contributed by atoms with E-state index in [9.17, 15) is 14.0 Å². The van der Waals surface area contributed by atoms with Crippen molar-refractivity contribution in [3.05, 3.63) is 64.4 Å². The molecule has 0 radical (unpaired) electrons. The molecule has 0 atom stereocenters. The van der Waals surface area contributed by atoms with Gasteiger partial charge in [-0.05, 0) is 48.4 Å². The number of benzene rings is 2. The van der Waals surface area contributed by atoms with Crippen molar-refractivity contribution in [2.45, 2.75) is 6.92 Å². The summed E-state index contributed by atoms with van der Waals surface area (Å²) >= 11 is 5.82. The number of hydrogen-bond donors (Lipinski definition) is 2. The highest BCUT2D eigenvalue weighted by Gasteiger charge is 2.13. The van der Waals surface area contributed by atoms with Gasteiger partial charge in [-0.25, -0.2) is 9.82 Å². The smallest absolute Gasteiger partial charge is 0.317 e. The van der Waals surface area contributed by atoms with Crippen molar-refractivity contribution in [2.24, 2.45) is 5.10 Å². The van der Waals surface area contributed by atoms with E-state index in [1.54, 1.807) is 25.1 Å². The molecule has 0 saturated heterocycles. The summed E-state index contributed by atoms with van der Waals surface area (Å²) < 4.78 is 12.7. The predicted molar refractivity (Wildman–Crippen MR) is 87.0 cm³/mol. The molecule has 7 heteroatoms. The lowest BCUT2D eigenvalue weighted by molar-refractivity contribution is -0.136. The zero-order valence-electron chi connectivity index (χ0n) is 12.1. The average Bonchev–Trinajstić information content (AvgIpc) is 2.51. The van der Waals surface area contributed by atoms with E-state index in [1.807, 2.05) is 0 Å². The molecule has 0 heterocycles. The third-order valence-electron chi connectivity index (χ3n) is 2.89. The van der Waals surface area contributed by atoms with E-state index in [0.29, 0.717) is 16.3 Å². The molecule has 23 heavy (non-hydrogen) atoms. The Labute approximate surface area is 137 Å². The molecule has 0 aliphatic heterocycles. The topological polar surface area (TPSA) is 70.6 Å². The number of nitrogens with one attached hydrogen (secondary N) is 2. The Balaban J connectivity index is 1.92. The number of hydrogen-bond acceptors (Lipinski definition) is 3. The molecule has 0 saturated carbocycles. The van der Waals surface area contributed by atoms with Crippen LogP contribution in [0.3, 0.4) is 0 Å². The number of amides is 2. The van der Waals surface area contributed by atoms with E-state index in [1.165, 1.54) is 30.5 Å². The Kier molecular flexibility index (Phi) is 5.43. The number of halogens is 2. The van der Waals surface area contributed by atoms with Gasteiger partial charge in [0.25, 0.3) is 0 Å². The molecule has 2 aromatic rings. The Hall–Kier alpha value is -2.73. The van der Waals surface area contributed by atoms with Crippen LogP contribution in [0.1, 0.15) is 11.1 Å². The molecule has 0 unspecified atom stereocenters. The van der Waals surface area contributed by atoms with Gasteiger partial charge in [-0.2, -0.15) is 5.10 Å². The maximum atomic E-state index is 12.7. The lowest BCUT2D eigenvalue weighted by Crippen LogP contribution is -2.32. The number of carbonyl (C=O) groups excluding carboxylic acids is 2. The second-order valence-corrected chi connectivity index (χ2v) is 5.10. The van der Waals surface area contributed by atoms with Crippen LogP contribution in [-0.4, -0.2) is 18.0 Å². The molecule has 0 spiro atoms. The van der Waals surface area contributed by atoms with Crippen LogP contribution in [0.2, 0.25) is 5.02 Å². The van der Waals surface area contributed by atoms with Crippen molar-refractivity contribution in [1.82, 2.24) is 5.43 Å². The number of aryl methyl sites for hydroxylation is 1. The molecule has 0 bridgehead atoms. The fourth-order valence-corrected chi connectivity index (χ4v) is 1.94. The van der Waals surface area contributed by atoms with E-state index < -0.39 is 11.8 Å². The minimum atomic E-state index is -0.919. The van der Waals surface area contributed by atoms with Crippen LogP contribution >= 0.6 is 11.6 Å². The number of rotatable bonds is 3. The van der Waals surface area contributed by atoms with Crippen molar-refractivity contribution in [1.29, 1.82) is 0 Å². The molecular weight excluding hydrogens is 321 g/mol.